The van der Waals surface area contributed by atoms with Crippen LogP contribution < -0.4 is 0 Å². The van der Waals surface area contributed by atoms with E-state index in [1.165, 1.54) is 7.57 Å². The fraction of sp³-hybridized carbons (Fsp3) is 0.250. The zero-order valence-electron chi connectivity index (χ0n) is 3.80. The van der Waals surface area contributed by atoms with Crippen LogP contribution in [-0.2, 0) is 0 Å². The molecular formula is C4H4S2Se. The van der Waals surface area contributed by atoms with Gasteiger partial charge in [-0.2, -0.15) is 0 Å². The number of aryl methyl sites for hydroxylation is 1. The molecule has 3 heteroatoms. The first-order valence-electron chi connectivity index (χ1n) is 1.84. The van der Waals surface area contributed by atoms with Gasteiger partial charge >= 0.3 is 57.5 Å². The third-order valence-electron chi connectivity index (χ3n) is 0.565. The van der Waals surface area contributed by atoms with E-state index in [2.05, 4.69) is 11.9 Å². The van der Waals surface area contributed by atoms with E-state index >= 15 is 0 Å². The van der Waals surface area contributed by atoms with Crippen molar-refractivity contribution in [3.8, 4) is 0 Å². The summed E-state index contributed by atoms with van der Waals surface area (Å²) in [5.74, 6) is 0. The summed E-state index contributed by atoms with van der Waals surface area (Å²) in [7, 11) is 0. The van der Waals surface area contributed by atoms with Crippen LogP contribution in [0.5, 0.6) is 0 Å². The Morgan fingerprint density at radius 3 is 2.71 bits per heavy atom. The van der Waals surface area contributed by atoms with Crippen LogP contribution in [0.4, 0.5) is 0 Å². The monoisotopic (exact) mass is 196 g/mol. The second-order valence-corrected chi connectivity index (χ2v) is 6.13. The van der Waals surface area contributed by atoms with Crippen molar-refractivity contribution < 1.29 is 0 Å². The minimum atomic E-state index is 0.532. The number of hydrogen-bond acceptors (Lipinski definition) is 2. The second-order valence-electron chi connectivity index (χ2n) is 1.20. The number of rotatable bonds is 0. The first kappa shape index (κ1) is 5.70. The molecule has 0 radical (unpaired) electrons. The molecule has 1 heterocycles. The van der Waals surface area contributed by atoms with E-state index in [1.807, 2.05) is 0 Å². The summed E-state index contributed by atoms with van der Waals surface area (Å²) in [6.07, 6.45) is 0. The summed E-state index contributed by atoms with van der Waals surface area (Å²) in [5.41, 5.74) is 0. The molecule has 38 valence electrons. The van der Waals surface area contributed by atoms with Crippen molar-refractivity contribution in [2.24, 2.45) is 0 Å². The Bertz CT molecular complexity index is 197. The summed E-state index contributed by atoms with van der Waals surface area (Å²) < 4.78 is 1.17. The van der Waals surface area contributed by atoms with Gasteiger partial charge in [0.05, 0.1) is 0 Å². The van der Waals surface area contributed by atoms with Crippen molar-refractivity contribution >= 4 is 38.1 Å². The van der Waals surface area contributed by atoms with Gasteiger partial charge in [0, 0.05) is 0 Å². The molecule has 0 unspecified atom stereocenters. The zero-order valence-corrected chi connectivity index (χ0v) is 7.15. The molecule has 0 saturated carbocycles. The average Bonchev–Trinajstić information content (AvgIpc) is 1.87. The second kappa shape index (κ2) is 2.23. The van der Waals surface area contributed by atoms with Crippen LogP contribution in [0, 0.1) is 9.62 Å². The normalized spacial score (nSPS) is 9.29. The summed E-state index contributed by atoms with van der Waals surface area (Å²) in [6, 6.07) is 0. The molecule has 0 amide bonds. The molecule has 0 fully saturated rings. The Kier molecular flexibility index (Phi) is 1.81. The molecule has 1 aromatic heterocycles. The standard InChI is InChI=1S/C4H4S2Se/c1-3-2-7-4(5)6-3/h2H,1H3. The van der Waals surface area contributed by atoms with Gasteiger partial charge in [-0.1, -0.05) is 0 Å². The molecule has 0 aromatic carbocycles. The molecule has 0 aliphatic carbocycles. The van der Waals surface area contributed by atoms with Gasteiger partial charge in [0.2, 0.25) is 0 Å². The van der Waals surface area contributed by atoms with Crippen LogP contribution in [0.3, 0.4) is 0 Å². The fourth-order valence-electron chi connectivity index (χ4n) is 0.311. The molecule has 0 aliphatic heterocycles. The Balaban J connectivity index is 3.30. The van der Waals surface area contributed by atoms with Crippen LogP contribution in [0.15, 0.2) is 4.94 Å². The molecule has 0 bridgehead atoms. The Hall–Kier alpha value is 0.569. The predicted octanol–water partition coefficient (Wildman–Crippen LogP) is 1.84. The van der Waals surface area contributed by atoms with Crippen LogP contribution in [0.2, 0.25) is 0 Å². The maximum absolute atomic E-state index is 4.93. The molecular weight excluding hydrogens is 191 g/mol. The number of hydrogen-bond donors (Lipinski definition) is 0. The molecule has 0 saturated heterocycles. The SMILES string of the molecule is Cc1c[se]c(=S)s1. The predicted molar refractivity (Wildman–Crippen MR) is 36.8 cm³/mol. The quantitative estimate of drug-likeness (QED) is 0.449. The average molecular weight is 195 g/mol. The Morgan fingerprint density at radius 1 is 1.86 bits per heavy atom. The van der Waals surface area contributed by atoms with E-state index in [9.17, 15) is 0 Å². The van der Waals surface area contributed by atoms with Gasteiger partial charge in [-0.25, -0.2) is 0 Å². The Labute approximate surface area is 57.6 Å². The van der Waals surface area contributed by atoms with Gasteiger partial charge in [0.15, 0.2) is 0 Å². The maximum atomic E-state index is 4.93. The van der Waals surface area contributed by atoms with Crippen molar-refractivity contribution in [1.29, 1.82) is 0 Å². The van der Waals surface area contributed by atoms with Crippen LogP contribution in [0.1, 0.15) is 4.88 Å². The molecule has 0 spiro atoms. The van der Waals surface area contributed by atoms with E-state index in [-0.39, 0.29) is 0 Å². The van der Waals surface area contributed by atoms with Crippen molar-refractivity contribution in [1.82, 2.24) is 0 Å². The van der Waals surface area contributed by atoms with Gasteiger partial charge in [-0.3, -0.25) is 0 Å². The molecule has 1 rings (SSSR count). The van der Waals surface area contributed by atoms with E-state index in [4.69, 9.17) is 12.2 Å². The topological polar surface area (TPSA) is 0 Å². The molecule has 0 aliphatic rings. The summed E-state index contributed by atoms with van der Waals surface area (Å²) in [5, 5.41) is 0. The molecule has 0 N–H and O–H groups in total. The van der Waals surface area contributed by atoms with Crippen LogP contribution in [-0.4, -0.2) is 14.5 Å². The van der Waals surface area contributed by atoms with Gasteiger partial charge in [0.1, 0.15) is 0 Å². The first-order chi connectivity index (χ1) is 3.29. The van der Waals surface area contributed by atoms with Crippen LogP contribution >= 0.6 is 23.6 Å². The van der Waals surface area contributed by atoms with Gasteiger partial charge in [-0.05, 0) is 0 Å². The summed E-state index contributed by atoms with van der Waals surface area (Å²) in [4.78, 5) is 3.60. The van der Waals surface area contributed by atoms with Crippen molar-refractivity contribution in [3.05, 3.63) is 12.5 Å². The first-order valence-corrected chi connectivity index (χ1v) is 4.91. The summed E-state index contributed by atoms with van der Waals surface area (Å²) >= 11 is 7.21. The fourth-order valence-corrected chi connectivity index (χ4v) is 3.80. The van der Waals surface area contributed by atoms with E-state index in [0.717, 1.165) is 0 Å². The third kappa shape index (κ3) is 1.50. The third-order valence-corrected chi connectivity index (χ3v) is 4.68. The van der Waals surface area contributed by atoms with Crippen molar-refractivity contribution in [2.75, 3.05) is 0 Å². The van der Waals surface area contributed by atoms with E-state index < -0.39 is 0 Å². The zero-order chi connectivity index (χ0) is 5.28. The van der Waals surface area contributed by atoms with Gasteiger partial charge < -0.3 is 0 Å². The van der Waals surface area contributed by atoms with Crippen LogP contribution in [0.25, 0.3) is 0 Å². The van der Waals surface area contributed by atoms with Gasteiger partial charge in [-0.15, -0.1) is 0 Å². The summed E-state index contributed by atoms with van der Waals surface area (Å²) in [6.45, 7) is 2.10. The molecule has 0 atom stereocenters. The molecule has 7 heavy (non-hydrogen) atoms. The van der Waals surface area contributed by atoms with Crippen molar-refractivity contribution in [2.45, 2.75) is 6.92 Å². The van der Waals surface area contributed by atoms with E-state index in [0.29, 0.717) is 14.5 Å². The van der Waals surface area contributed by atoms with E-state index in [1.54, 1.807) is 11.3 Å². The molecule has 1 aromatic rings. The minimum absolute atomic E-state index is 0.532. The Morgan fingerprint density at radius 2 is 2.57 bits per heavy atom. The van der Waals surface area contributed by atoms with Crippen molar-refractivity contribution in [3.63, 3.8) is 0 Å². The van der Waals surface area contributed by atoms with Gasteiger partial charge in [0.25, 0.3) is 0 Å². The molecule has 0 nitrogen and oxygen atoms in total.